The van der Waals surface area contributed by atoms with Gasteiger partial charge < -0.3 is 10.1 Å². The first-order valence-electron chi connectivity index (χ1n) is 5.38. The zero-order valence-electron chi connectivity index (χ0n) is 10.00. The van der Waals surface area contributed by atoms with Crippen LogP contribution in [0.5, 0.6) is 0 Å². The lowest BCUT2D eigenvalue weighted by molar-refractivity contribution is -0.144. The molecule has 1 unspecified atom stereocenters. The Kier molecular flexibility index (Phi) is 5.27. The fourth-order valence-corrected chi connectivity index (χ4v) is 1.83. The molecule has 1 aromatic rings. The van der Waals surface area contributed by atoms with E-state index in [0.717, 1.165) is 0 Å². The monoisotopic (exact) mass is 317 g/mol. The maximum absolute atomic E-state index is 13.5. The average Bonchev–Trinajstić information content (AvgIpc) is 2.28. The SMILES string of the molecule is CCOC(=O)C(C)NC(=O)c1c(F)cccc1Br. The Labute approximate surface area is 113 Å². The highest BCUT2D eigenvalue weighted by atomic mass is 79.9. The molecular weight excluding hydrogens is 305 g/mol. The lowest BCUT2D eigenvalue weighted by Gasteiger charge is -2.13. The van der Waals surface area contributed by atoms with Crippen molar-refractivity contribution in [3.05, 3.63) is 34.1 Å². The van der Waals surface area contributed by atoms with Crippen LogP contribution in [0.2, 0.25) is 0 Å². The van der Waals surface area contributed by atoms with Crippen LogP contribution >= 0.6 is 15.9 Å². The molecule has 0 fully saturated rings. The molecule has 0 aliphatic heterocycles. The summed E-state index contributed by atoms with van der Waals surface area (Å²) in [6.45, 7) is 3.37. The van der Waals surface area contributed by atoms with Crippen molar-refractivity contribution in [2.75, 3.05) is 6.61 Å². The van der Waals surface area contributed by atoms with E-state index in [2.05, 4.69) is 21.2 Å². The summed E-state index contributed by atoms with van der Waals surface area (Å²) in [7, 11) is 0. The summed E-state index contributed by atoms with van der Waals surface area (Å²) in [6, 6.07) is 3.37. The van der Waals surface area contributed by atoms with Crippen LogP contribution in [-0.2, 0) is 9.53 Å². The van der Waals surface area contributed by atoms with E-state index in [0.29, 0.717) is 4.47 Å². The van der Waals surface area contributed by atoms with E-state index >= 15 is 0 Å². The summed E-state index contributed by atoms with van der Waals surface area (Å²) in [4.78, 5) is 23.2. The second-order valence-corrected chi connectivity index (χ2v) is 4.40. The minimum absolute atomic E-state index is 0.131. The van der Waals surface area contributed by atoms with Crippen LogP contribution in [0.1, 0.15) is 24.2 Å². The third-order valence-corrected chi connectivity index (χ3v) is 2.84. The molecule has 4 nitrogen and oxygen atoms in total. The minimum Gasteiger partial charge on any atom is -0.464 e. The predicted molar refractivity (Wildman–Crippen MR) is 67.7 cm³/mol. The maximum atomic E-state index is 13.5. The highest BCUT2D eigenvalue weighted by molar-refractivity contribution is 9.10. The Hall–Kier alpha value is -1.43. The van der Waals surface area contributed by atoms with E-state index in [1.807, 2.05) is 0 Å². The average molecular weight is 318 g/mol. The van der Waals surface area contributed by atoms with Crippen molar-refractivity contribution in [1.82, 2.24) is 5.32 Å². The smallest absolute Gasteiger partial charge is 0.328 e. The minimum atomic E-state index is -0.830. The van der Waals surface area contributed by atoms with Crippen LogP contribution in [-0.4, -0.2) is 24.5 Å². The van der Waals surface area contributed by atoms with E-state index < -0.39 is 23.7 Å². The van der Waals surface area contributed by atoms with Crippen LogP contribution in [0, 0.1) is 5.82 Å². The number of ether oxygens (including phenoxy) is 1. The number of carbonyl (C=O) groups excluding carboxylic acids is 2. The summed E-state index contributed by atoms with van der Waals surface area (Å²) in [6.07, 6.45) is 0. The van der Waals surface area contributed by atoms with Crippen LogP contribution in [0.4, 0.5) is 4.39 Å². The molecule has 0 aliphatic rings. The molecule has 98 valence electrons. The van der Waals surface area contributed by atoms with Gasteiger partial charge in [0.2, 0.25) is 0 Å². The molecular formula is C12H13BrFNO3. The van der Waals surface area contributed by atoms with Crippen molar-refractivity contribution in [3.8, 4) is 0 Å². The van der Waals surface area contributed by atoms with Gasteiger partial charge >= 0.3 is 5.97 Å². The topological polar surface area (TPSA) is 55.4 Å². The number of amides is 1. The van der Waals surface area contributed by atoms with Gasteiger partial charge in [-0.2, -0.15) is 0 Å². The van der Waals surface area contributed by atoms with Gasteiger partial charge in [-0.3, -0.25) is 4.79 Å². The van der Waals surface area contributed by atoms with E-state index in [4.69, 9.17) is 4.74 Å². The first kappa shape index (κ1) is 14.6. The largest absolute Gasteiger partial charge is 0.464 e. The van der Waals surface area contributed by atoms with Crippen LogP contribution < -0.4 is 5.32 Å². The Morgan fingerprint density at radius 3 is 2.72 bits per heavy atom. The number of carbonyl (C=O) groups is 2. The molecule has 0 saturated carbocycles. The Morgan fingerprint density at radius 2 is 2.17 bits per heavy atom. The lowest BCUT2D eigenvalue weighted by atomic mass is 10.2. The predicted octanol–water partition coefficient (Wildman–Crippen LogP) is 2.27. The van der Waals surface area contributed by atoms with E-state index in [-0.39, 0.29) is 12.2 Å². The molecule has 1 N–H and O–H groups in total. The second-order valence-electron chi connectivity index (χ2n) is 3.54. The first-order valence-corrected chi connectivity index (χ1v) is 6.18. The van der Waals surface area contributed by atoms with Gasteiger partial charge in [-0.15, -0.1) is 0 Å². The normalized spacial score (nSPS) is 11.8. The molecule has 0 heterocycles. The van der Waals surface area contributed by atoms with Gasteiger partial charge in [0.15, 0.2) is 0 Å². The summed E-state index contributed by atoms with van der Waals surface area (Å²) in [5, 5.41) is 2.38. The van der Waals surface area contributed by atoms with E-state index in [9.17, 15) is 14.0 Å². The molecule has 1 aromatic carbocycles. The molecule has 1 atom stereocenters. The molecule has 1 rings (SSSR count). The van der Waals surface area contributed by atoms with Crippen molar-refractivity contribution < 1.29 is 18.7 Å². The third-order valence-electron chi connectivity index (χ3n) is 2.18. The van der Waals surface area contributed by atoms with Crippen LogP contribution in [0.15, 0.2) is 22.7 Å². The van der Waals surface area contributed by atoms with E-state index in [1.165, 1.54) is 19.1 Å². The van der Waals surface area contributed by atoms with Crippen molar-refractivity contribution in [3.63, 3.8) is 0 Å². The fraction of sp³-hybridized carbons (Fsp3) is 0.333. The quantitative estimate of drug-likeness (QED) is 0.867. The fourth-order valence-electron chi connectivity index (χ4n) is 1.31. The molecule has 0 bridgehead atoms. The summed E-state index contributed by atoms with van der Waals surface area (Å²) in [5.41, 5.74) is -0.131. The first-order chi connectivity index (χ1) is 8.47. The van der Waals surface area contributed by atoms with Gasteiger partial charge in [0, 0.05) is 4.47 Å². The molecule has 0 radical (unpaired) electrons. The van der Waals surface area contributed by atoms with Crippen molar-refractivity contribution in [1.29, 1.82) is 0 Å². The molecule has 0 spiro atoms. The van der Waals surface area contributed by atoms with Gasteiger partial charge in [0.1, 0.15) is 11.9 Å². The van der Waals surface area contributed by atoms with Gasteiger partial charge in [-0.25, -0.2) is 9.18 Å². The lowest BCUT2D eigenvalue weighted by Crippen LogP contribution is -2.40. The molecule has 18 heavy (non-hydrogen) atoms. The molecule has 1 amide bonds. The van der Waals surface area contributed by atoms with Gasteiger partial charge in [-0.1, -0.05) is 6.07 Å². The Balaban J connectivity index is 2.80. The summed E-state index contributed by atoms with van der Waals surface area (Å²) < 4.78 is 18.6. The van der Waals surface area contributed by atoms with Crippen LogP contribution in [0.3, 0.4) is 0 Å². The standard InChI is InChI=1S/C12H13BrFNO3/c1-3-18-12(17)7(2)15-11(16)10-8(13)5-4-6-9(10)14/h4-7H,3H2,1-2H3,(H,15,16). The van der Waals surface area contributed by atoms with E-state index in [1.54, 1.807) is 13.0 Å². The van der Waals surface area contributed by atoms with Gasteiger partial charge in [0.05, 0.1) is 12.2 Å². The highest BCUT2D eigenvalue weighted by Crippen LogP contribution is 2.19. The molecule has 0 aliphatic carbocycles. The third kappa shape index (κ3) is 3.53. The van der Waals surface area contributed by atoms with Crippen molar-refractivity contribution >= 4 is 27.8 Å². The Bertz CT molecular complexity index is 444. The summed E-state index contributed by atoms with van der Waals surface area (Å²) >= 11 is 3.09. The number of halogens is 2. The zero-order chi connectivity index (χ0) is 13.7. The maximum Gasteiger partial charge on any atom is 0.328 e. The van der Waals surface area contributed by atoms with Crippen LogP contribution in [0.25, 0.3) is 0 Å². The number of esters is 1. The van der Waals surface area contributed by atoms with Crippen molar-refractivity contribution in [2.24, 2.45) is 0 Å². The highest BCUT2D eigenvalue weighted by Gasteiger charge is 2.21. The number of benzene rings is 1. The van der Waals surface area contributed by atoms with Crippen molar-refractivity contribution in [2.45, 2.75) is 19.9 Å². The molecule has 6 heteroatoms. The van der Waals surface area contributed by atoms with Gasteiger partial charge in [-0.05, 0) is 41.9 Å². The molecule has 0 aromatic heterocycles. The second kappa shape index (κ2) is 6.49. The number of nitrogens with one attached hydrogen (secondary N) is 1. The number of hydrogen-bond acceptors (Lipinski definition) is 3. The summed E-state index contributed by atoms with van der Waals surface area (Å²) in [5.74, 6) is -1.88. The Morgan fingerprint density at radius 1 is 1.50 bits per heavy atom. The number of hydrogen-bond donors (Lipinski definition) is 1. The zero-order valence-corrected chi connectivity index (χ0v) is 11.6. The number of rotatable bonds is 4. The molecule has 0 saturated heterocycles. The van der Waals surface area contributed by atoms with Gasteiger partial charge in [0.25, 0.3) is 5.91 Å².